The maximum Gasteiger partial charge on any atom is 0.274 e. The highest BCUT2D eigenvalue weighted by Gasteiger charge is 2.38. The first-order valence-corrected chi connectivity index (χ1v) is 56.0. The van der Waals surface area contributed by atoms with Crippen molar-refractivity contribution in [2.45, 2.75) is 217 Å². The normalized spacial score (nSPS) is 14.5. The lowest BCUT2D eigenvalue weighted by molar-refractivity contribution is 0.0539. The number of aryl methyl sites for hydroxylation is 3. The molecule has 0 fully saturated rings. The molecular formula is C108H131Br3ClN15O16S4. The molecule has 0 radical (unpaired) electrons. The van der Waals surface area contributed by atoms with E-state index in [2.05, 4.69) is 103 Å². The van der Waals surface area contributed by atoms with Crippen LogP contribution in [0.15, 0.2) is 222 Å². The highest BCUT2D eigenvalue weighted by atomic mass is 79.9. The number of anilines is 3. The van der Waals surface area contributed by atoms with Gasteiger partial charge in [-0.15, -0.1) is 11.3 Å². The van der Waals surface area contributed by atoms with Gasteiger partial charge in [0.1, 0.15) is 26.2 Å². The summed E-state index contributed by atoms with van der Waals surface area (Å²) in [6.45, 7) is 24.0. The predicted octanol–water partition coefficient (Wildman–Crippen LogP) is 18.5. The van der Waals surface area contributed by atoms with Crippen molar-refractivity contribution in [3.63, 3.8) is 0 Å². The number of ketones is 1. The Morgan fingerprint density at radius 1 is 0.388 bits per heavy atom. The number of aliphatic hydroxyl groups is 3. The number of Topliss-reactive ketones (excluding diaryl/α,β-unsaturated/α-hetero) is 1. The summed E-state index contributed by atoms with van der Waals surface area (Å²) in [4.78, 5) is 108. The van der Waals surface area contributed by atoms with Crippen LogP contribution in [-0.4, -0.2) is 222 Å². The minimum Gasteiger partial charge on any atom is -0.412 e. The molecule has 147 heavy (non-hydrogen) atoms. The third-order valence-corrected chi connectivity index (χ3v) is 33.7. The molecule has 0 aliphatic carbocycles. The molecular weight excluding hydrogens is 2170 g/mol. The summed E-state index contributed by atoms with van der Waals surface area (Å²) in [7, 11) is -4.97. The number of benzene rings is 8. The monoisotopic (exact) mass is 2290 g/mol. The molecule has 39 heteroatoms. The topological polar surface area (TPSA) is 435 Å². The van der Waals surface area contributed by atoms with Crippen molar-refractivity contribution in [2.75, 3.05) is 73.3 Å². The van der Waals surface area contributed by atoms with Gasteiger partial charge in [-0.3, -0.25) is 33.6 Å². The first kappa shape index (κ1) is 118. The van der Waals surface area contributed by atoms with Crippen molar-refractivity contribution in [3.8, 4) is 17.1 Å². The average molecular weight is 2300 g/mol. The quantitative estimate of drug-likeness (QED) is 0.0194. The number of thiophene rings is 1. The predicted molar refractivity (Wildman–Crippen MR) is 591 cm³/mol. The van der Waals surface area contributed by atoms with E-state index in [1.807, 2.05) is 114 Å². The zero-order chi connectivity index (χ0) is 103. The Balaban J connectivity index is 0.000000224. The van der Waals surface area contributed by atoms with E-state index in [9.17, 15) is 61.5 Å². The number of halogens is 4. The molecule has 6 atom stereocenters. The van der Waals surface area contributed by atoms with Crippen LogP contribution in [0.1, 0.15) is 249 Å². The average Bonchev–Trinajstić information content (AvgIpc) is 1.73. The van der Waals surface area contributed by atoms with E-state index in [0.717, 1.165) is 119 Å². The molecule has 786 valence electrons. The fourth-order valence-corrected chi connectivity index (χ4v) is 23.7. The summed E-state index contributed by atoms with van der Waals surface area (Å²) in [6, 6.07) is 56.7. The summed E-state index contributed by atoms with van der Waals surface area (Å²) < 4.78 is 57.2. The molecule has 12 N–H and O–H groups in total. The van der Waals surface area contributed by atoms with Crippen molar-refractivity contribution in [3.05, 3.63) is 302 Å². The van der Waals surface area contributed by atoms with Gasteiger partial charge >= 0.3 is 0 Å². The molecule has 12 aromatic rings. The van der Waals surface area contributed by atoms with Crippen LogP contribution in [0.2, 0.25) is 4.34 Å². The zero-order valence-electron chi connectivity index (χ0n) is 84.2. The van der Waals surface area contributed by atoms with Gasteiger partial charge in [0.25, 0.3) is 35.4 Å². The maximum atomic E-state index is 14.5. The molecule has 3 unspecified atom stereocenters. The lowest BCUT2D eigenvalue weighted by Gasteiger charge is -2.36. The fourth-order valence-electron chi connectivity index (χ4n) is 17.6. The summed E-state index contributed by atoms with van der Waals surface area (Å²) in [5.74, 6) is -1.42. The Kier molecular flexibility index (Phi) is 44.9. The molecule has 3 aliphatic heterocycles. The highest BCUT2D eigenvalue weighted by Crippen LogP contribution is 2.39. The number of fused-ring (bicyclic) bond motifs is 3. The number of nitrogens with one attached hydrogen (secondary N) is 3. The fraction of sp³-hybridized carbons (Fsp3) is 0.370. The van der Waals surface area contributed by atoms with E-state index < -0.39 is 51.1 Å². The smallest absolute Gasteiger partial charge is 0.274 e. The van der Waals surface area contributed by atoms with E-state index in [-0.39, 0.29) is 83.0 Å². The number of hydrogen-bond acceptors (Lipinski definition) is 17. The summed E-state index contributed by atoms with van der Waals surface area (Å²) in [5, 5.41) is 45.3. The number of rotatable bonds is 40. The van der Waals surface area contributed by atoms with Crippen molar-refractivity contribution < 1.29 is 77.9 Å². The van der Waals surface area contributed by atoms with Gasteiger partial charge in [0.05, 0.1) is 85.8 Å². The molecule has 3 aliphatic rings. The van der Waals surface area contributed by atoms with Crippen LogP contribution >= 0.6 is 70.7 Å². The number of nitrogens with zero attached hydrogens (tertiary/aromatic N) is 12. The largest absolute Gasteiger partial charge is 0.412 e. The van der Waals surface area contributed by atoms with E-state index in [1.54, 1.807) is 144 Å². The van der Waals surface area contributed by atoms with Crippen LogP contribution in [0.4, 0.5) is 17.1 Å². The van der Waals surface area contributed by atoms with Crippen LogP contribution in [0.25, 0.3) is 17.1 Å². The lowest BCUT2D eigenvalue weighted by atomic mass is 9.93. The van der Waals surface area contributed by atoms with Crippen LogP contribution in [-0.2, 0) is 71.9 Å². The maximum absolute atomic E-state index is 14.5. The molecule has 7 heterocycles. The van der Waals surface area contributed by atoms with E-state index >= 15 is 0 Å². The zero-order valence-corrected chi connectivity index (χ0v) is 93.0. The third-order valence-electron chi connectivity index (χ3n) is 25.7. The molecule has 8 aromatic carbocycles. The highest BCUT2D eigenvalue weighted by molar-refractivity contribution is 9.13. The SMILES string of the molecule is CCCCN(CCCC)C(=O)c1cc(C)n(-c2ccc(NS(=O)c3ccc(Br)c(Br)c3)cc2C(=O)N2Cc3ccccc3C[C@H]2CO)n1.CCCCN(CCCC)C(=O)c1cc(C)n(-c2ccc(NS(=O)c3ccc(C(C)=O)cc3)cc2C(=O)N2Cc3ccccc3C[C@H]2CO)n1.CCCCN(CCCC)C(=O)c1cc(C)n(-c2ccc(NS(=O)c3sc(Cl)cc3Br)cc2C(=O)N2Cc3ccccc3C[C@H]2CO)n1.O.O.O. The summed E-state index contributed by atoms with van der Waals surface area (Å²) >= 11 is 17.7. The summed E-state index contributed by atoms with van der Waals surface area (Å²) in [6.07, 6.45) is 12.8. The minimum atomic E-state index is -1.69. The van der Waals surface area contributed by atoms with Gasteiger partial charge in [0, 0.05) is 112 Å². The first-order chi connectivity index (χ1) is 69.4. The van der Waals surface area contributed by atoms with Crippen LogP contribution in [0, 0.1) is 20.8 Å². The number of aliphatic hydroxyl groups excluding tert-OH is 3. The van der Waals surface area contributed by atoms with Crippen molar-refractivity contribution >= 4 is 162 Å². The molecule has 0 bridgehead atoms. The molecule has 15 rings (SSSR count). The van der Waals surface area contributed by atoms with Gasteiger partial charge in [0.15, 0.2) is 33.9 Å². The molecule has 31 nitrogen and oxygen atoms in total. The lowest BCUT2D eigenvalue weighted by Crippen LogP contribution is -2.46. The number of hydrogen-bond donors (Lipinski definition) is 6. The third kappa shape index (κ3) is 29.2. The van der Waals surface area contributed by atoms with Crippen molar-refractivity contribution in [2.24, 2.45) is 0 Å². The number of carbonyl (C=O) groups is 7. The first-order valence-electron chi connectivity index (χ1n) is 49.0. The van der Waals surface area contributed by atoms with Gasteiger partial charge in [-0.2, -0.15) is 15.3 Å². The number of aromatic nitrogens is 6. The second kappa shape index (κ2) is 56.0. The Labute approximate surface area is 900 Å². The second-order valence-electron chi connectivity index (χ2n) is 36.1. The van der Waals surface area contributed by atoms with Gasteiger partial charge in [-0.25, -0.2) is 26.7 Å². The number of unbranched alkanes of at least 4 members (excludes halogenated alkanes) is 6. The molecule has 6 amide bonds. The number of amides is 6. The van der Waals surface area contributed by atoms with Gasteiger partial charge in [0.2, 0.25) is 0 Å². The molecule has 4 aromatic heterocycles. The van der Waals surface area contributed by atoms with Crippen LogP contribution in [0.5, 0.6) is 0 Å². The van der Waals surface area contributed by atoms with E-state index in [4.69, 9.17) is 26.9 Å². The Morgan fingerprint density at radius 3 is 0.973 bits per heavy atom. The Morgan fingerprint density at radius 2 is 0.687 bits per heavy atom. The van der Waals surface area contributed by atoms with Crippen molar-refractivity contribution in [1.82, 2.24) is 58.7 Å². The van der Waals surface area contributed by atoms with Gasteiger partial charge in [-0.05, 0) is 276 Å². The molecule has 0 saturated carbocycles. The number of carbonyl (C=O) groups excluding carboxylic acids is 7. The second-order valence-corrected chi connectivity index (χ2v) is 44.2. The van der Waals surface area contributed by atoms with Crippen LogP contribution < -0.4 is 14.2 Å². The van der Waals surface area contributed by atoms with E-state index in [0.29, 0.717) is 186 Å². The molecule has 0 saturated heterocycles. The van der Waals surface area contributed by atoms with Gasteiger partial charge < -0.3 is 75.3 Å². The standard InChI is InChI=1S/C38H45N5O5S.C36H41Br2N5O4S.C34H39BrClN5O4S2.3H2O/c1-5-7-19-41(20-8-6-2)38(47)35-21-26(3)43(39-35)36-18-15-31(40-49(48)33-16-13-28(14-17-33)27(4)45)23-34(36)37(46)42-24-30-12-10-9-11-29(30)22-32(42)25-44;1-4-6-16-41(17-7-5-2)36(46)33-18-24(3)43(39-33)34-15-12-27(40-48(47)29-13-14-31(37)32(38)21-29)20-30(34)35(45)42-22-26-11-9-8-10-25(26)19-28(42)23-44;1-4-6-14-39(15-7-5-2)33(44)29-16-22(3)41(37-29)30-13-12-25(38-47(45)34-28(35)19-31(36)46-34)18-27(30)32(43)40-20-24-11-9-8-10-23(24)17-26(40)21-42;;;/h9-18,21,23,32,40,44H,5-8,19-20,22,24-25H2,1-4H3;8-15,18,20-21,28,40,44H,4-7,16-17,19,22-23H2,1-3H3;8-13,16,18-19,26,38,42H,4-7,14-15,17,20-21H2,1-3H3;3*1H2/t32-,49?;28-,48?;26-,47?;;;/m000.../s1. The Bertz CT molecular complexity index is 6660. The van der Waals surface area contributed by atoms with E-state index in [1.165, 1.54) is 18.3 Å². The van der Waals surface area contributed by atoms with Crippen molar-refractivity contribution in [1.29, 1.82) is 0 Å². The summed E-state index contributed by atoms with van der Waals surface area (Å²) in [5.41, 5.74) is 13.6. The minimum absolute atomic E-state index is 0. The molecule has 0 spiro atoms. The van der Waals surface area contributed by atoms with Gasteiger partial charge in [-0.1, -0.05) is 177 Å². The van der Waals surface area contributed by atoms with Crippen LogP contribution in [0.3, 0.4) is 0 Å². The Hall–Kier alpha value is -11.1.